The number of hydrogen-bond donors (Lipinski definition) is 0. The lowest BCUT2D eigenvalue weighted by molar-refractivity contribution is -0.138. The van der Waals surface area contributed by atoms with Crippen molar-refractivity contribution in [1.29, 1.82) is 0 Å². The topological polar surface area (TPSA) is 60.8 Å². The monoisotopic (exact) mass is 448 g/mol. The van der Waals surface area contributed by atoms with E-state index < -0.39 is 35.6 Å². The van der Waals surface area contributed by atoms with Gasteiger partial charge in [0.15, 0.2) is 11.5 Å². The predicted molar refractivity (Wildman–Crippen MR) is 106 cm³/mol. The maximum atomic E-state index is 13.4. The van der Waals surface area contributed by atoms with Crippen LogP contribution in [0, 0.1) is 5.82 Å². The van der Waals surface area contributed by atoms with Crippen LogP contribution in [-0.2, 0) is 24.1 Å². The molecule has 0 fully saturated rings. The Hall–Kier alpha value is -3.82. The van der Waals surface area contributed by atoms with E-state index in [2.05, 4.69) is 0 Å². The number of amides is 1. The minimum atomic E-state index is -4.67. The average molecular weight is 448 g/mol. The smallest absolute Gasteiger partial charge is 0.417 e. The van der Waals surface area contributed by atoms with Gasteiger partial charge in [-0.2, -0.15) is 13.2 Å². The second kappa shape index (κ2) is 8.37. The number of halogens is 4. The standard InChI is InChI=1S/C22H16F4N2O4/c23-16-3-5-17(6-4-16)28(10-14-1-7-18-19(9-14)32-13-31-18)21(30)12-27-11-15(22(24,25)26)2-8-20(27)29/h1-9,11H,10,12-13H2. The van der Waals surface area contributed by atoms with E-state index in [1.165, 1.54) is 17.0 Å². The third-order valence-electron chi connectivity index (χ3n) is 4.83. The Kier molecular flexibility index (Phi) is 5.60. The Balaban J connectivity index is 1.65. The van der Waals surface area contributed by atoms with Crippen molar-refractivity contribution < 1.29 is 31.8 Å². The maximum absolute atomic E-state index is 13.4. The van der Waals surface area contributed by atoms with Gasteiger partial charge < -0.3 is 18.9 Å². The third kappa shape index (κ3) is 4.58. The largest absolute Gasteiger partial charge is 0.454 e. The molecule has 0 unspecified atom stereocenters. The number of fused-ring (bicyclic) bond motifs is 1. The average Bonchev–Trinajstić information content (AvgIpc) is 3.21. The fourth-order valence-electron chi connectivity index (χ4n) is 3.22. The highest BCUT2D eigenvalue weighted by Crippen LogP contribution is 2.33. The first-order valence-electron chi connectivity index (χ1n) is 9.43. The van der Waals surface area contributed by atoms with E-state index >= 15 is 0 Å². The highest BCUT2D eigenvalue weighted by atomic mass is 19.4. The van der Waals surface area contributed by atoms with Crippen molar-refractivity contribution in [2.24, 2.45) is 0 Å². The molecule has 1 amide bonds. The van der Waals surface area contributed by atoms with E-state index in [0.717, 1.165) is 18.2 Å². The molecule has 32 heavy (non-hydrogen) atoms. The lowest BCUT2D eigenvalue weighted by atomic mass is 10.1. The summed E-state index contributed by atoms with van der Waals surface area (Å²) in [5.74, 6) is -0.138. The van der Waals surface area contributed by atoms with Crippen molar-refractivity contribution >= 4 is 11.6 Å². The zero-order chi connectivity index (χ0) is 22.9. The molecule has 0 radical (unpaired) electrons. The summed E-state index contributed by atoms with van der Waals surface area (Å²) < 4.78 is 63.8. The molecule has 2 aromatic carbocycles. The molecule has 10 heteroatoms. The van der Waals surface area contributed by atoms with Crippen LogP contribution in [0.4, 0.5) is 23.2 Å². The number of carbonyl (C=O) groups is 1. The van der Waals surface area contributed by atoms with Crippen LogP contribution in [0.25, 0.3) is 0 Å². The van der Waals surface area contributed by atoms with E-state index in [0.29, 0.717) is 39.6 Å². The summed E-state index contributed by atoms with van der Waals surface area (Å²) in [6.07, 6.45) is -4.06. The molecule has 1 aliphatic rings. The summed E-state index contributed by atoms with van der Waals surface area (Å²) in [5, 5.41) is 0. The normalized spacial score (nSPS) is 12.6. The van der Waals surface area contributed by atoms with Crippen LogP contribution in [0.5, 0.6) is 11.5 Å². The van der Waals surface area contributed by atoms with Crippen molar-refractivity contribution in [3.05, 3.63) is 88.1 Å². The number of alkyl halides is 3. The highest BCUT2D eigenvalue weighted by Gasteiger charge is 2.31. The van der Waals surface area contributed by atoms with Crippen molar-refractivity contribution in [3.8, 4) is 11.5 Å². The van der Waals surface area contributed by atoms with E-state index in [9.17, 15) is 27.2 Å². The Labute approximate surface area is 179 Å². The van der Waals surface area contributed by atoms with Gasteiger partial charge in [0.2, 0.25) is 12.7 Å². The van der Waals surface area contributed by atoms with E-state index in [1.54, 1.807) is 18.2 Å². The number of carbonyl (C=O) groups excluding carboxylic acids is 1. The number of hydrogen-bond acceptors (Lipinski definition) is 4. The number of rotatable bonds is 5. The van der Waals surface area contributed by atoms with Crippen LogP contribution < -0.4 is 19.9 Å². The molecule has 0 saturated carbocycles. The molecule has 0 N–H and O–H groups in total. The Bertz CT molecular complexity index is 1210. The molecule has 1 aromatic heterocycles. The van der Waals surface area contributed by atoms with E-state index in [-0.39, 0.29) is 13.3 Å². The second-order valence-electron chi connectivity index (χ2n) is 7.03. The highest BCUT2D eigenvalue weighted by molar-refractivity contribution is 5.93. The van der Waals surface area contributed by atoms with Crippen LogP contribution in [0.1, 0.15) is 11.1 Å². The summed E-state index contributed by atoms with van der Waals surface area (Å²) in [6.45, 7) is -0.558. The minimum absolute atomic E-state index is 0.00875. The summed E-state index contributed by atoms with van der Waals surface area (Å²) in [6, 6.07) is 11.5. The fourth-order valence-corrected chi connectivity index (χ4v) is 3.22. The van der Waals surface area contributed by atoms with Crippen LogP contribution in [0.2, 0.25) is 0 Å². The van der Waals surface area contributed by atoms with Crippen molar-refractivity contribution in [1.82, 2.24) is 4.57 Å². The molecule has 0 aliphatic carbocycles. The zero-order valence-electron chi connectivity index (χ0n) is 16.4. The van der Waals surface area contributed by atoms with E-state index in [1.807, 2.05) is 0 Å². The molecule has 2 heterocycles. The number of benzene rings is 2. The predicted octanol–water partition coefficient (Wildman–Crippen LogP) is 3.97. The number of ether oxygens (including phenoxy) is 2. The third-order valence-corrected chi connectivity index (χ3v) is 4.83. The van der Waals surface area contributed by atoms with Crippen molar-refractivity contribution in [2.75, 3.05) is 11.7 Å². The first-order chi connectivity index (χ1) is 15.2. The van der Waals surface area contributed by atoms with Crippen LogP contribution in [0.3, 0.4) is 0 Å². The van der Waals surface area contributed by atoms with E-state index in [4.69, 9.17) is 9.47 Å². The van der Waals surface area contributed by atoms with Gasteiger partial charge in [-0.1, -0.05) is 6.07 Å². The van der Waals surface area contributed by atoms with Crippen molar-refractivity contribution in [3.63, 3.8) is 0 Å². The van der Waals surface area contributed by atoms with Gasteiger partial charge in [0.05, 0.1) is 12.1 Å². The van der Waals surface area contributed by atoms with Gasteiger partial charge in [-0.05, 0) is 48.0 Å². The van der Waals surface area contributed by atoms with Crippen LogP contribution in [0.15, 0.2) is 65.6 Å². The number of nitrogens with zero attached hydrogens (tertiary/aromatic N) is 2. The molecule has 0 saturated heterocycles. The first kappa shape index (κ1) is 21.4. The fraction of sp³-hybridized carbons (Fsp3) is 0.182. The second-order valence-corrected chi connectivity index (χ2v) is 7.03. The molecule has 0 atom stereocenters. The molecular formula is C22H16F4N2O4. The molecule has 1 aliphatic heterocycles. The molecule has 3 aromatic rings. The van der Waals surface area contributed by atoms with Gasteiger partial charge in [0, 0.05) is 18.0 Å². The van der Waals surface area contributed by atoms with Crippen LogP contribution >= 0.6 is 0 Å². The van der Waals surface area contributed by atoms with Gasteiger partial charge in [0.25, 0.3) is 5.56 Å². The van der Waals surface area contributed by atoms with Gasteiger partial charge in [-0.25, -0.2) is 4.39 Å². The first-order valence-corrected chi connectivity index (χ1v) is 9.43. The minimum Gasteiger partial charge on any atom is -0.454 e. The maximum Gasteiger partial charge on any atom is 0.417 e. The molecular weight excluding hydrogens is 432 g/mol. The van der Waals surface area contributed by atoms with Gasteiger partial charge in [-0.15, -0.1) is 0 Å². The van der Waals surface area contributed by atoms with Gasteiger partial charge in [-0.3, -0.25) is 9.59 Å². The molecule has 166 valence electrons. The summed E-state index contributed by atoms with van der Waals surface area (Å²) in [7, 11) is 0. The number of aromatic nitrogens is 1. The van der Waals surface area contributed by atoms with Gasteiger partial charge >= 0.3 is 6.18 Å². The molecule has 4 rings (SSSR count). The Morgan fingerprint density at radius 2 is 1.72 bits per heavy atom. The Morgan fingerprint density at radius 1 is 1.00 bits per heavy atom. The molecule has 0 bridgehead atoms. The molecule has 6 nitrogen and oxygen atoms in total. The quantitative estimate of drug-likeness (QED) is 0.555. The molecule has 0 spiro atoms. The number of pyridine rings is 1. The summed E-state index contributed by atoms with van der Waals surface area (Å²) >= 11 is 0. The summed E-state index contributed by atoms with van der Waals surface area (Å²) in [5.41, 5.74) is -0.847. The SMILES string of the molecule is O=C(Cn1cc(C(F)(F)F)ccc1=O)N(Cc1ccc2c(c1)OCO2)c1ccc(F)cc1. The zero-order valence-corrected chi connectivity index (χ0v) is 16.4. The summed E-state index contributed by atoms with van der Waals surface area (Å²) in [4.78, 5) is 26.4. The lowest BCUT2D eigenvalue weighted by Crippen LogP contribution is -2.36. The Morgan fingerprint density at radius 3 is 2.44 bits per heavy atom. The number of anilines is 1. The lowest BCUT2D eigenvalue weighted by Gasteiger charge is -2.24. The van der Waals surface area contributed by atoms with Crippen LogP contribution in [-0.4, -0.2) is 17.3 Å². The van der Waals surface area contributed by atoms with Gasteiger partial charge in [0.1, 0.15) is 12.4 Å². The van der Waals surface area contributed by atoms with Crippen molar-refractivity contribution in [2.45, 2.75) is 19.3 Å².